The second-order valence-electron chi connectivity index (χ2n) is 6.49. The van der Waals surface area contributed by atoms with Gasteiger partial charge in [-0.25, -0.2) is 17.2 Å². The maximum Gasteiger partial charge on any atom is 0.249 e. The Bertz CT molecular complexity index is 560. The minimum atomic E-state index is -3.30. The molecule has 2 heterocycles. The van der Waals surface area contributed by atoms with Crippen LogP contribution in [0.25, 0.3) is 0 Å². The van der Waals surface area contributed by atoms with Crippen molar-refractivity contribution in [1.82, 2.24) is 9.21 Å². The first-order valence-electron chi connectivity index (χ1n) is 7.39. The van der Waals surface area contributed by atoms with Gasteiger partial charge >= 0.3 is 0 Å². The summed E-state index contributed by atoms with van der Waals surface area (Å²) in [5, 5.41) is 0. The molecule has 0 unspecified atom stereocenters. The first kappa shape index (κ1) is 16.1. The van der Waals surface area contributed by atoms with Crippen molar-refractivity contribution in [3.05, 3.63) is 0 Å². The summed E-state index contributed by atoms with van der Waals surface area (Å²) in [5.74, 6) is -3.67. The Labute approximate surface area is 128 Å². The number of fused-ring (bicyclic) bond motifs is 1. The van der Waals surface area contributed by atoms with E-state index in [1.54, 1.807) is 4.90 Å². The SMILES string of the molecule is CS(=O)(=O)N1CCO[C@@H]2CN(C(=O)C3CC(F)(F)C3)C[C@@H]2C1. The van der Waals surface area contributed by atoms with Crippen molar-refractivity contribution in [1.29, 1.82) is 0 Å². The van der Waals surface area contributed by atoms with Crippen LogP contribution < -0.4 is 0 Å². The van der Waals surface area contributed by atoms with Crippen LogP contribution in [0, 0.1) is 11.8 Å². The van der Waals surface area contributed by atoms with Gasteiger partial charge in [0.2, 0.25) is 21.9 Å². The quantitative estimate of drug-likeness (QED) is 0.719. The van der Waals surface area contributed by atoms with E-state index in [-0.39, 0.29) is 37.4 Å². The number of nitrogens with zero attached hydrogens (tertiary/aromatic N) is 2. The van der Waals surface area contributed by atoms with E-state index in [9.17, 15) is 22.0 Å². The smallest absolute Gasteiger partial charge is 0.249 e. The third-order valence-electron chi connectivity index (χ3n) is 4.71. The van der Waals surface area contributed by atoms with Crippen LogP contribution in [0.3, 0.4) is 0 Å². The highest BCUT2D eigenvalue weighted by atomic mass is 32.2. The van der Waals surface area contributed by atoms with E-state index >= 15 is 0 Å². The number of amides is 1. The molecule has 3 aliphatic rings. The molecule has 2 aliphatic heterocycles. The van der Waals surface area contributed by atoms with Crippen LogP contribution in [0.4, 0.5) is 8.78 Å². The molecule has 1 saturated carbocycles. The van der Waals surface area contributed by atoms with E-state index in [2.05, 4.69) is 0 Å². The number of hydrogen-bond acceptors (Lipinski definition) is 4. The second kappa shape index (κ2) is 5.38. The van der Waals surface area contributed by atoms with Crippen LogP contribution in [0.15, 0.2) is 0 Å². The number of sulfonamides is 1. The molecule has 1 aliphatic carbocycles. The van der Waals surface area contributed by atoms with E-state index in [4.69, 9.17) is 4.74 Å². The van der Waals surface area contributed by atoms with Crippen molar-refractivity contribution in [2.75, 3.05) is 39.0 Å². The van der Waals surface area contributed by atoms with Crippen molar-refractivity contribution in [2.45, 2.75) is 24.9 Å². The highest BCUT2D eigenvalue weighted by Gasteiger charge is 2.51. The van der Waals surface area contributed by atoms with Crippen molar-refractivity contribution >= 4 is 15.9 Å². The van der Waals surface area contributed by atoms with Gasteiger partial charge in [-0.3, -0.25) is 4.79 Å². The van der Waals surface area contributed by atoms with Gasteiger partial charge in [0.25, 0.3) is 0 Å². The minimum Gasteiger partial charge on any atom is -0.375 e. The number of ether oxygens (including phenoxy) is 1. The van der Waals surface area contributed by atoms with Gasteiger partial charge in [-0.2, -0.15) is 4.31 Å². The Morgan fingerprint density at radius 2 is 1.91 bits per heavy atom. The third kappa shape index (κ3) is 3.11. The molecule has 6 nitrogen and oxygen atoms in total. The lowest BCUT2D eigenvalue weighted by molar-refractivity contribution is -0.159. The summed E-state index contributed by atoms with van der Waals surface area (Å²) in [6.45, 7) is 1.65. The topological polar surface area (TPSA) is 66.9 Å². The molecule has 1 amide bonds. The fourth-order valence-corrected chi connectivity index (χ4v) is 4.31. The van der Waals surface area contributed by atoms with Gasteiger partial charge in [0, 0.05) is 50.9 Å². The second-order valence-corrected chi connectivity index (χ2v) is 8.48. The maximum absolute atomic E-state index is 12.9. The zero-order valence-electron chi connectivity index (χ0n) is 12.4. The van der Waals surface area contributed by atoms with Crippen LogP contribution in [0.2, 0.25) is 0 Å². The molecule has 3 fully saturated rings. The molecular weight excluding hydrogens is 318 g/mol. The van der Waals surface area contributed by atoms with E-state index in [1.165, 1.54) is 4.31 Å². The van der Waals surface area contributed by atoms with Crippen LogP contribution in [0.1, 0.15) is 12.8 Å². The predicted octanol–water partition coefficient (Wildman–Crippen LogP) is 0.150. The van der Waals surface area contributed by atoms with Crippen molar-refractivity contribution in [2.24, 2.45) is 11.8 Å². The average molecular weight is 338 g/mol. The molecule has 0 aromatic heterocycles. The summed E-state index contributed by atoms with van der Waals surface area (Å²) in [4.78, 5) is 13.8. The molecule has 22 heavy (non-hydrogen) atoms. The molecule has 9 heteroatoms. The normalized spacial score (nSPS) is 33.1. The highest BCUT2D eigenvalue weighted by Crippen LogP contribution is 2.43. The Balaban J connectivity index is 1.63. The summed E-state index contributed by atoms with van der Waals surface area (Å²) < 4.78 is 56.2. The Hall–Kier alpha value is -0.800. The van der Waals surface area contributed by atoms with Gasteiger partial charge < -0.3 is 9.64 Å². The highest BCUT2D eigenvalue weighted by molar-refractivity contribution is 7.88. The maximum atomic E-state index is 12.9. The summed E-state index contributed by atoms with van der Waals surface area (Å²) in [5.41, 5.74) is 0. The molecule has 0 spiro atoms. The van der Waals surface area contributed by atoms with Crippen LogP contribution in [-0.4, -0.2) is 74.6 Å². The Kier molecular flexibility index (Phi) is 3.93. The average Bonchev–Trinajstić information content (AvgIpc) is 2.65. The number of halogens is 2. The van der Waals surface area contributed by atoms with E-state index in [0.717, 1.165) is 6.26 Å². The number of carbonyl (C=O) groups excluding carboxylic acids is 1. The molecule has 0 aromatic carbocycles. The Morgan fingerprint density at radius 1 is 1.23 bits per heavy atom. The lowest BCUT2D eigenvalue weighted by Gasteiger charge is -2.36. The van der Waals surface area contributed by atoms with E-state index < -0.39 is 21.9 Å². The zero-order chi connectivity index (χ0) is 16.1. The fourth-order valence-electron chi connectivity index (χ4n) is 3.44. The van der Waals surface area contributed by atoms with Crippen LogP contribution >= 0.6 is 0 Å². The molecule has 2 atom stereocenters. The molecule has 0 radical (unpaired) electrons. The fraction of sp³-hybridized carbons (Fsp3) is 0.923. The van der Waals surface area contributed by atoms with Gasteiger partial charge in [0.05, 0.1) is 19.0 Å². The lowest BCUT2D eigenvalue weighted by Crippen LogP contribution is -2.46. The van der Waals surface area contributed by atoms with Crippen molar-refractivity contribution in [3.8, 4) is 0 Å². The first-order valence-corrected chi connectivity index (χ1v) is 9.24. The largest absolute Gasteiger partial charge is 0.375 e. The van der Waals surface area contributed by atoms with Crippen molar-refractivity contribution in [3.63, 3.8) is 0 Å². The Morgan fingerprint density at radius 3 is 2.50 bits per heavy atom. The van der Waals surface area contributed by atoms with Crippen LogP contribution in [-0.2, 0) is 19.6 Å². The summed E-state index contributed by atoms with van der Waals surface area (Å²) >= 11 is 0. The van der Waals surface area contributed by atoms with Crippen molar-refractivity contribution < 1.29 is 26.7 Å². The molecule has 2 saturated heterocycles. The van der Waals surface area contributed by atoms with E-state index in [1.807, 2.05) is 0 Å². The number of likely N-dealkylation sites (tertiary alicyclic amines) is 1. The summed E-state index contributed by atoms with van der Waals surface area (Å²) in [6.07, 6.45) is 0.181. The van der Waals surface area contributed by atoms with E-state index in [0.29, 0.717) is 26.2 Å². The molecule has 0 aromatic rings. The molecule has 0 bridgehead atoms. The number of alkyl halides is 2. The standard InChI is InChI=1S/C13H20F2N2O4S/c1-22(19,20)17-2-3-21-11-8-16(6-10(11)7-17)12(18)9-4-13(14,15)5-9/h9-11H,2-8H2,1H3/t10-,11-/m1/s1. The first-order chi connectivity index (χ1) is 10.2. The van der Waals surface area contributed by atoms with Gasteiger partial charge in [-0.05, 0) is 0 Å². The monoisotopic (exact) mass is 338 g/mol. The number of carbonyl (C=O) groups is 1. The van der Waals surface area contributed by atoms with Gasteiger partial charge in [-0.1, -0.05) is 0 Å². The number of rotatable bonds is 2. The zero-order valence-corrected chi connectivity index (χ0v) is 13.2. The lowest BCUT2D eigenvalue weighted by atomic mass is 9.80. The van der Waals surface area contributed by atoms with Gasteiger partial charge in [0.1, 0.15) is 0 Å². The molecule has 3 rings (SSSR count). The summed E-state index contributed by atoms with van der Waals surface area (Å²) in [7, 11) is -3.30. The van der Waals surface area contributed by atoms with Gasteiger partial charge in [-0.15, -0.1) is 0 Å². The molecule has 0 N–H and O–H groups in total. The van der Waals surface area contributed by atoms with Crippen LogP contribution in [0.5, 0.6) is 0 Å². The minimum absolute atomic E-state index is 0.0956. The molecular formula is C13H20F2N2O4S. The number of hydrogen-bond donors (Lipinski definition) is 0. The summed E-state index contributed by atoms with van der Waals surface area (Å²) in [6, 6.07) is 0. The third-order valence-corrected chi connectivity index (χ3v) is 5.98. The van der Waals surface area contributed by atoms with Gasteiger partial charge in [0.15, 0.2) is 0 Å². The predicted molar refractivity (Wildman–Crippen MR) is 73.9 cm³/mol. The molecule has 126 valence electrons.